The Balaban J connectivity index is 1.44. The molecule has 0 bridgehead atoms. The van der Waals surface area contributed by atoms with Crippen LogP contribution in [0.1, 0.15) is 47.3 Å². The van der Waals surface area contributed by atoms with Gasteiger partial charge >= 0.3 is 0 Å². The number of phenols is 1. The molecule has 0 spiro atoms. The minimum atomic E-state index is -1.93. The highest BCUT2D eigenvalue weighted by atomic mass is 19.1. The van der Waals surface area contributed by atoms with Gasteiger partial charge in [-0.3, -0.25) is 9.78 Å². The van der Waals surface area contributed by atoms with Crippen LogP contribution in [0.15, 0.2) is 54.4 Å². The van der Waals surface area contributed by atoms with Gasteiger partial charge in [-0.1, -0.05) is 11.6 Å². The number of aromatic nitrogens is 2. The zero-order valence-corrected chi connectivity index (χ0v) is 20.0. The Morgan fingerprint density at radius 1 is 1.22 bits per heavy atom. The molecule has 0 saturated carbocycles. The highest BCUT2D eigenvalue weighted by Gasteiger charge is 2.42. The number of anilines is 1. The Hall–Kier alpha value is -3.76. The third-order valence-electron chi connectivity index (χ3n) is 6.73. The summed E-state index contributed by atoms with van der Waals surface area (Å²) >= 11 is 0. The minimum absolute atomic E-state index is 0.0689. The van der Waals surface area contributed by atoms with Crippen LogP contribution in [0.3, 0.4) is 0 Å². The largest absolute Gasteiger partial charge is 0.507 e. The summed E-state index contributed by atoms with van der Waals surface area (Å²) < 4.78 is 49.2. The van der Waals surface area contributed by atoms with E-state index in [2.05, 4.69) is 15.3 Å². The number of benzene rings is 1. The first-order valence-electron chi connectivity index (χ1n) is 11.8. The lowest BCUT2D eigenvalue weighted by Gasteiger charge is -2.34. The lowest BCUT2D eigenvalue weighted by atomic mass is 9.82. The lowest BCUT2D eigenvalue weighted by Crippen LogP contribution is -2.42. The third-order valence-corrected chi connectivity index (χ3v) is 6.73. The van der Waals surface area contributed by atoms with Crippen molar-refractivity contribution in [3.8, 4) is 17.0 Å². The Morgan fingerprint density at radius 3 is 2.68 bits per heavy atom. The summed E-state index contributed by atoms with van der Waals surface area (Å²) in [6, 6.07) is 5.71. The lowest BCUT2D eigenvalue weighted by molar-refractivity contribution is -0.135. The van der Waals surface area contributed by atoms with Crippen molar-refractivity contribution in [2.24, 2.45) is 5.73 Å². The van der Waals surface area contributed by atoms with Crippen LogP contribution in [-0.2, 0) is 10.4 Å². The number of hydrogen-bond acceptors (Lipinski definition) is 6. The highest BCUT2D eigenvalue weighted by molar-refractivity contribution is 6.03. The van der Waals surface area contributed by atoms with Crippen LogP contribution in [0, 0.1) is 11.6 Å². The van der Waals surface area contributed by atoms with Crippen molar-refractivity contribution >= 4 is 11.6 Å². The van der Waals surface area contributed by atoms with E-state index in [1.54, 1.807) is 6.20 Å². The Labute approximate surface area is 211 Å². The van der Waals surface area contributed by atoms with E-state index in [1.807, 2.05) is 19.1 Å². The van der Waals surface area contributed by atoms with E-state index >= 15 is 0 Å². The SMILES string of the molecule is CC1=C[C@H](N)C[C@H](c2ccncc2NC(=O)c2ccc(F)c(-c3c(O)cc(C4(F)COC4)cc3F)n2)C1. The number of nitrogens with two attached hydrogens (primary N) is 1. The second-order valence-corrected chi connectivity index (χ2v) is 9.57. The van der Waals surface area contributed by atoms with Gasteiger partial charge in [0.2, 0.25) is 0 Å². The molecule has 10 heteroatoms. The first-order valence-corrected chi connectivity index (χ1v) is 11.8. The topological polar surface area (TPSA) is 110 Å². The molecule has 2 atom stereocenters. The second kappa shape index (κ2) is 9.60. The molecule has 5 rings (SSSR count). The summed E-state index contributed by atoms with van der Waals surface area (Å²) in [5, 5.41) is 13.2. The summed E-state index contributed by atoms with van der Waals surface area (Å²) in [4.78, 5) is 21.2. The highest BCUT2D eigenvalue weighted by Crippen LogP contribution is 2.41. The monoisotopic (exact) mass is 510 g/mol. The van der Waals surface area contributed by atoms with Gasteiger partial charge in [0.25, 0.3) is 5.91 Å². The molecule has 3 aromatic rings. The fourth-order valence-electron chi connectivity index (χ4n) is 4.87. The van der Waals surface area contributed by atoms with Gasteiger partial charge in [-0.05, 0) is 61.6 Å². The Kier molecular flexibility index (Phi) is 6.47. The number of allylic oxidation sites excluding steroid dienone is 1. The molecule has 7 nitrogen and oxygen atoms in total. The minimum Gasteiger partial charge on any atom is -0.507 e. The number of phenolic OH excluding ortho intramolecular Hbond substituents is 1. The van der Waals surface area contributed by atoms with Gasteiger partial charge in [0.15, 0.2) is 5.67 Å². The van der Waals surface area contributed by atoms with E-state index in [0.717, 1.165) is 41.8 Å². The average Bonchev–Trinajstić information content (AvgIpc) is 2.82. The number of aromatic hydroxyl groups is 1. The molecule has 1 fully saturated rings. The molecule has 1 aliphatic heterocycles. The number of nitrogens with one attached hydrogen (secondary N) is 1. The van der Waals surface area contributed by atoms with Crippen molar-refractivity contribution in [3.63, 3.8) is 0 Å². The van der Waals surface area contributed by atoms with E-state index in [1.165, 1.54) is 6.20 Å². The average molecular weight is 511 g/mol. The molecule has 4 N–H and O–H groups in total. The molecule has 192 valence electrons. The Morgan fingerprint density at radius 2 is 2.00 bits per heavy atom. The van der Waals surface area contributed by atoms with Crippen LogP contribution in [-0.4, -0.2) is 40.2 Å². The Bertz CT molecular complexity index is 1380. The van der Waals surface area contributed by atoms with Crippen LogP contribution in [0.5, 0.6) is 5.75 Å². The number of nitrogens with zero attached hydrogens (tertiary/aromatic N) is 2. The molecule has 2 aromatic heterocycles. The fraction of sp³-hybridized carbons (Fsp3) is 0.296. The van der Waals surface area contributed by atoms with Gasteiger partial charge in [-0.2, -0.15) is 0 Å². The number of carbonyl (C=O) groups excluding carboxylic acids is 1. The normalized spacial score (nSPS) is 20.6. The molecule has 1 aromatic carbocycles. The molecular formula is C27H25F3N4O3. The second-order valence-electron chi connectivity index (χ2n) is 9.57. The van der Waals surface area contributed by atoms with Crippen molar-refractivity contribution in [1.29, 1.82) is 0 Å². The smallest absolute Gasteiger partial charge is 0.274 e. The maximum Gasteiger partial charge on any atom is 0.274 e. The van der Waals surface area contributed by atoms with Crippen molar-refractivity contribution in [1.82, 2.24) is 9.97 Å². The summed E-state index contributed by atoms with van der Waals surface area (Å²) in [6.45, 7) is 1.46. The van der Waals surface area contributed by atoms with Crippen LogP contribution in [0.4, 0.5) is 18.9 Å². The molecule has 37 heavy (non-hydrogen) atoms. The fourth-order valence-corrected chi connectivity index (χ4v) is 4.87. The van der Waals surface area contributed by atoms with Gasteiger partial charge in [-0.15, -0.1) is 0 Å². The predicted octanol–water partition coefficient (Wildman–Crippen LogP) is 4.73. The van der Waals surface area contributed by atoms with Crippen LogP contribution >= 0.6 is 0 Å². The standard InChI is InChI=1S/C27H25F3N4O3/c1-14-6-15(8-17(31)7-14)18-4-5-32-11-22(18)34-26(36)21-3-2-19(28)25(33-21)24-20(29)9-16(10-23(24)35)27(30)12-37-13-27/h2-5,7,9-11,15,17,35H,6,8,12-13,31H2,1H3,(H,34,36)/t15-,17+/m1/s1. The summed E-state index contributed by atoms with van der Waals surface area (Å²) in [6.07, 6.45) is 6.64. The van der Waals surface area contributed by atoms with Crippen LogP contribution in [0.25, 0.3) is 11.3 Å². The van der Waals surface area contributed by atoms with Crippen molar-refractivity contribution < 1.29 is 27.8 Å². The van der Waals surface area contributed by atoms with Crippen LogP contribution in [0.2, 0.25) is 0 Å². The zero-order chi connectivity index (χ0) is 26.3. The van der Waals surface area contributed by atoms with Crippen molar-refractivity contribution in [2.75, 3.05) is 18.5 Å². The number of rotatable bonds is 5. The molecule has 2 aliphatic rings. The number of carbonyl (C=O) groups is 1. The molecule has 0 unspecified atom stereocenters. The van der Waals surface area contributed by atoms with E-state index in [9.17, 15) is 23.1 Å². The molecule has 1 aliphatic carbocycles. The summed E-state index contributed by atoms with van der Waals surface area (Å²) in [5.74, 6) is -3.34. The predicted molar refractivity (Wildman–Crippen MR) is 131 cm³/mol. The van der Waals surface area contributed by atoms with Gasteiger partial charge in [0, 0.05) is 17.8 Å². The molecule has 3 heterocycles. The summed E-state index contributed by atoms with van der Waals surface area (Å²) in [5.41, 5.74) is 5.21. The third kappa shape index (κ3) is 4.82. The van der Waals surface area contributed by atoms with Crippen molar-refractivity contribution in [3.05, 3.63) is 82.8 Å². The summed E-state index contributed by atoms with van der Waals surface area (Å²) in [7, 11) is 0. The van der Waals surface area contributed by atoms with Crippen LogP contribution < -0.4 is 11.1 Å². The number of halogens is 3. The number of amides is 1. The number of alkyl halides is 1. The maximum absolute atomic E-state index is 15.0. The van der Waals surface area contributed by atoms with E-state index < -0.39 is 40.2 Å². The number of ether oxygens (including phenoxy) is 1. The van der Waals surface area contributed by atoms with Gasteiger partial charge in [0.05, 0.1) is 30.7 Å². The molecule has 1 amide bonds. The first-order chi connectivity index (χ1) is 17.6. The first kappa shape index (κ1) is 24.9. The number of hydrogen-bond donors (Lipinski definition) is 3. The van der Waals surface area contributed by atoms with E-state index in [-0.39, 0.29) is 36.4 Å². The molecule has 1 saturated heterocycles. The van der Waals surface area contributed by atoms with Gasteiger partial charge in [-0.25, -0.2) is 18.2 Å². The van der Waals surface area contributed by atoms with Gasteiger partial charge < -0.3 is 20.9 Å². The maximum atomic E-state index is 15.0. The number of pyridine rings is 2. The quantitative estimate of drug-likeness (QED) is 0.428. The van der Waals surface area contributed by atoms with E-state index in [0.29, 0.717) is 12.1 Å². The van der Waals surface area contributed by atoms with Gasteiger partial charge in [0.1, 0.15) is 28.8 Å². The molecular weight excluding hydrogens is 485 g/mol. The van der Waals surface area contributed by atoms with Crippen molar-refractivity contribution in [2.45, 2.75) is 37.4 Å². The molecule has 0 radical (unpaired) electrons. The zero-order valence-electron chi connectivity index (χ0n) is 20.0. The van der Waals surface area contributed by atoms with E-state index in [4.69, 9.17) is 10.5 Å².